The second-order valence-corrected chi connectivity index (χ2v) is 12.2. The summed E-state index contributed by atoms with van der Waals surface area (Å²) in [6.07, 6.45) is 3.43. The van der Waals surface area contributed by atoms with Crippen LogP contribution >= 0.6 is 0 Å². The maximum Gasteiger partial charge on any atom is 0.238 e. The van der Waals surface area contributed by atoms with Crippen molar-refractivity contribution >= 4 is 21.8 Å². The zero-order valence-corrected chi connectivity index (χ0v) is 21.3. The highest BCUT2D eigenvalue weighted by atomic mass is 32.2. The minimum absolute atomic E-state index is 0.00714. The van der Waals surface area contributed by atoms with Gasteiger partial charge < -0.3 is 9.80 Å². The smallest absolute Gasteiger partial charge is 0.238 e. The van der Waals surface area contributed by atoms with Gasteiger partial charge in [-0.3, -0.25) is 9.59 Å². The van der Waals surface area contributed by atoms with Crippen LogP contribution in [-0.4, -0.2) is 72.3 Å². The second-order valence-electron chi connectivity index (χ2n) is 9.92. The van der Waals surface area contributed by atoms with Crippen LogP contribution in [0.4, 0.5) is 0 Å². The molecule has 1 saturated heterocycles. The van der Waals surface area contributed by atoms with E-state index >= 15 is 0 Å². The lowest BCUT2D eigenvalue weighted by Crippen LogP contribution is -2.52. The Kier molecular flexibility index (Phi) is 8.56. The Bertz CT molecular complexity index is 917. The molecule has 33 heavy (non-hydrogen) atoms. The van der Waals surface area contributed by atoms with Crippen molar-refractivity contribution in [2.75, 3.05) is 31.9 Å². The molecule has 2 amide bonds. The topological polar surface area (TPSA) is 78.0 Å². The standard InChI is InChI=1S/C25H39N3O4S/c1-5-33(31,32)27(16-19(2)3)18-24(29)28(17-21-8-6-20(4)7-9-21)23-12-14-26(15-13-23)25(30)22-10-11-22/h6-9,19,22-23H,5,10-18H2,1-4H3. The van der Waals surface area contributed by atoms with Gasteiger partial charge in [-0.1, -0.05) is 43.7 Å². The molecule has 8 heteroatoms. The maximum absolute atomic E-state index is 13.5. The van der Waals surface area contributed by atoms with Crippen LogP contribution in [0.15, 0.2) is 24.3 Å². The first-order valence-electron chi connectivity index (χ1n) is 12.2. The van der Waals surface area contributed by atoms with Gasteiger partial charge in [-0.25, -0.2) is 8.42 Å². The van der Waals surface area contributed by atoms with Crippen LogP contribution in [0.1, 0.15) is 57.6 Å². The molecule has 0 aromatic heterocycles. The monoisotopic (exact) mass is 477 g/mol. The molecule has 0 bridgehead atoms. The first-order valence-corrected chi connectivity index (χ1v) is 13.8. The van der Waals surface area contributed by atoms with E-state index in [1.54, 1.807) is 6.92 Å². The van der Waals surface area contributed by atoms with Gasteiger partial charge in [-0.15, -0.1) is 0 Å². The summed E-state index contributed by atoms with van der Waals surface area (Å²) < 4.78 is 26.7. The molecular formula is C25H39N3O4S. The number of carbonyl (C=O) groups is 2. The molecule has 0 radical (unpaired) electrons. The lowest BCUT2D eigenvalue weighted by atomic mass is 10.0. The highest BCUT2D eigenvalue weighted by molar-refractivity contribution is 7.89. The number of piperidine rings is 1. The van der Waals surface area contributed by atoms with Crippen LogP contribution in [0.5, 0.6) is 0 Å². The number of carbonyl (C=O) groups excluding carboxylic acids is 2. The number of likely N-dealkylation sites (tertiary alicyclic amines) is 1. The van der Waals surface area contributed by atoms with Gasteiger partial charge in [0.05, 0.1) is 12.3 Å². The highest BCUT2D eigenvalue weighted by Gasteiger charge is 2.37. The predicted molar refractivity (Wildman–Crippen MR) is 130 cm³/mol. The van der Waals surface area contributed by atoms with Crippen molar-refractivity contribution in [3.63, 3.8) is 0 Å². The van der Waals surface area contributed by atoms with Crippen molar-refractivity contribution in [2.45, 2.75) is 66.0 Å². The third-order valence-corrected chi connectivity index (χ3v) is 8.37. The Morgan fingerprint density at radius 2 is 1.67 bits per heavy atom. The molecule has 2 fully saturated rings. The first kappa shape index (κ1) is 25.7. The summed E-state index contributed by atoms with van der Waals surface area (Å²) in [5.41, 5.74) is 2.18. The summed E-state index contributed by atoms with van der Waals surface area (Å²) in [5, 5.41) is 0. The van der Waals surface area contributed by atoms with Crippen molar-refractivity contribution in [2.24, 2.45) is 11.8 Å². The minimum atomic E-state index is -3.48. The molecule has 0 N–H and O–H groups in total. The number of rotatable bonds is 10. The maximum atomic E-state index is 13.5. The normalized spacial score (nSPS) is 17.6. The van der Waals surface area contributed by atoms with Crippen molar-refractivity contribution in [1.29, 1.82) is 0 Å². The molecule has 1 aliphatic carbocycles. The summed E-state index contributed by atoms with van der Waals surface area (Å²) in [6.45, 7) is 9.50. The van der Waals surface area contributed by atoms with E-state index in [1.165, 1.54) is 4.31 Å². The summed E-state index contributed by atoms with van der Waals surface area (Å²) in [5.74, 6) is 0.395. The van der Waals surface area contributed by atoms with E-state index in [0.717, 1.165) is 36.8 Å². The van der Waals surface area contributed by atoms with E-state index in [0.29, 0.717) is 26.2 Å². The SMILES string of the molecule is CCS(=O)(=O)N(CC(=O)N(Cc1ccc(C)cc1)C1CCN(C(=O)C2CC2)CC1)CC(C)C. The van der Waals surface area contributed by atoms with Crippen molar-refractivity contribution in [3.05, 3.63) is 35.4 Å². The van der Waals surface area contributed by atoms with Gasteiger partial charge in [-0.2, -0.15) is 4.31 Å². The van der Waals surface area contributed by atoms with Crippen LogP contribution in [0.25, 0.3) is 0 Å². The van der Waals surface area contributed by atoms with E-state index in [2.05, 4.69) is 0 Å². The minimum Gasteiger partial charge on any atom is -0.342 e. The number of hydrogen-bond donors (Lipinski definition) is 0. The van der Waals surface area contributed by atoms with Gasteiger partial charge in [0.15, 0.2) is 0 Å². The van der Waals surface area contributed by atoms with Crippen molar-refractivity contribution < 1.29 is 18.0 Å². The van der Waals surface area contributed by atoms with Gasteiger partial charge in [0.25, 0.3) is 0 Å². The van der Waals surface area contributed by atoms with Gasteiger partial charge in [0.1, 0.15) is 0 Å². The van der Waals surface area contributed by atoms with E-state index in [1.807, 2.05) is 54.8 Å². The van der Waals surface area contributed by atoms with Crippen LogP contribution in [0.2, 0.25) is 0 Å². The van der Waals surface area contributed by atoms with E-state index in [9.17, 15) is 18.0 Å². The molecule has 1 aromatic carbocycles. The number of hydrogen-bond acceptors (Lipinski definition) is 4. The molecule has 184 valence electrons. The lowest BCUT2D eigenvalue weighted by molar-refractivity contribution is -0.138. The van der Waals surface area contributed by atoms with Crippen molar-refractivity contribution in [3.8, 4) is 0 Å². The summed E-state index contributed by atoms with van der Waals surface area (Å²) in [6, 6.07) is 8.10. The molecule has 0 atom stereocenters. The average Bonchev–Trinajstić information content (AvgIpc) is 3.63. The molecule has 1 aliphatic heterocycles. The third kappa shape index (κ3) is 7.03. The first-order chi connectivity index (χ1) is 15.6. The van der Waals surface area contributed by atoms with E-state index in [4.69, 9.17) is 0 Å². The van der Waals surface area contributed by atoms with Gasteiger partial charge >= 0.3 is 0 Å². The number of benzene rings is 1. The average molecular weight is 478 g/mol. The fourth-order valence-electron chi connectivity index (χ4n) is 4.41. The third-order valence-electron chi connectivity index (χ3n) is 6.58. The Morgan fingerprint density at radius 1 is 1.06 bits per heavy atom. The molecule has 0 spiro atoms. The summed E-state index contributed by atoms with van der Waals surface area (Å²) in [4.78, 5) is 29.8. The molecular weight excluding hydrogens is 438 g/mol. The Balaban J connectivity index is 1.76. The van der Waals surface area contributed by atoms with Crippen LogP contribution in [-0.2, 0) is 26.2 Å². The quantitative estimate of drug-likeness (QED) is 0.519. The van der Waals surface area contributed by atoms with E-state index in [-0.39, 0.29) is 42.0 Å². The summed E-state index contributed by atoms with van der Waals surface area (Å²) >= 11 is 0. The molecule has 1 aromatic rings. The Morgan fingerprint density at radius 3 is 2.18 bits per heavy atom. The predicted octanol–water partition coefficient (Wildman–Crippen LogP) is 3.03. The zero-order valence-electron chi connectivity index (χ0n) is 20.5. The largest absolute Gasteiger partial charge is 0.342 e. The summed E-state index contributed by atoms with van der Waals surface area (Å²) in [7, 11) is -3.48. The molecule has 2 aliphatic rings. The lowest BCUT2D eigenvalue weighted by Gasteiger charge is -2.39. The molecule has 7 nitrogen and oxygen atoms in total. The Hall–Kier alpha value is -1.93. The van der Waals surface area contributed by atoms with Crippen molar-refractivity contribution in [1.82, 2.24) is 14.1 Å². The fourth-order valence-corrected chi connectivity index (χ4v) is 5.60. The van der Waals surface area contributed by atoms with Crippen LogP contribution < -0.4 is 0 Å². The Labute approximate surface area is 199 Å². The van der Waals surface area contributed by atoms with Gasteiger partial charge in [-0.05, 0) is 51.0 Å². The van der Waals surface area contributed by atoms with Gasteiger partial charge in [0.2, 0.25) is 21.8 Å². The number of aryl methyl sites for hydroxylation is 1. The molecule has 1 saturated carbocycles. The fraction of sp³-hybridized carbons (Fsp3) is 0.680. The van der Waals surface area contributed by atoms with Crippen LogP contribution in [0.3, 0.4) is 0 Å². The number of amides is 2. The molecule has 3 rings (SSSR count). The molecule has 0 unspecified atom stereocenters. The second kappa shape index (κ2) is 11.0. The zero-order chi connectivity index (χ0) is 24.2. The highest BCUT2D eigenvalue weighted by Crippen LogP contribution is 2.32. The van der Waals surface area contributed by atoms with Gasteiger partial charge in [0, 0.05) is 38.1 Å². The number of sulfonamides is 1. The van der Waals surface area contributed by atoms with Crippen LogP contribution in [0, 0.1) is 18.8 Å². The molecule has 1 heterocycles. The number of nitrogens with zero attached hydrogens (tertiary/aromatic N) is 3. The van der Waals surface area contributed by atoms with E-state index < -0.39 is 10.0 Å².